The highest BCUT2D eigenvalue weighted by atomic mass is 19.4. The third kappa shape index (κ3) is 6.58. The molecule has 6 nitrogen and oxygen atoms in total. The number of H-pyrrole nitrogens is 1. The molecule has 4 rings (SSSR count). The average Bonchev–Trinajstić information content (AvgIpc) is 3.34. The smallest absolute Gasteiger partial charge is 0.416 e. The highest BCUT2D eigenvalue weighted by molar-refractivity contribution is 5.99. The Morgan fingerprint density at radius 3 is 2.41 bits per heavy atom. The van der Waals surface area contributed by atoms with Gasteiger partial charge in [0.15, 0.2) is 0 Å². The maximum atomic E-state index is 14.2. The molecular formula is C27H26F4N4O2. The minimum Gasteiger partial charge on any atom is -0.457 e. The zero-order chi connectivity index (χ0) is 26.6. The molecule has 0 aliphatic carbocycles. The van der Waals surface area contributed by atoms with Crippen molar-refractivity contribution < 1.29 is 27.1 Å². The molecule has 0 aliphatic heterocycles. The SMILES string of the molecule is CCC(C)(F)CCc1ccc(NC(=O)Nc2ccc(Oc3ccnc4[nH]ccc34)cc2)cc1C(F)(F)F. The Kier molecular flexibility index (Phi) is 7.37. The highest BCUT2D eigenvalue weighted by Gasteiger charge is 2.34. The van der Waals surface area contributed by atoms with Crippen LogP contribution in [-0.2, 0) is 12.6 Å². The van der Waals surface area contributed by atoms with Crippen LogP contribution < -0.4 is 15.4 Å². The van der Waals surface area contributed by atoms with Crippen molar-refractivity contribution in [1.82, 2.24) is 9.97 Å². The third-order valence-corrected chi connectivity index (χ3v) is 6.09. The third-order valence-electron chi connectivity index (χ3n) is 6.09. The summed E-state index contributed by atoms with van der Waals surface area (Å²) >= 11 is 0. The molecule has 3 N–H and O–H groups in total. The first kappa shape index (κ1) is 26.0. The van der Waals surface area contributed by atoms with Gasteiger partial charge in [-0.15, -0.1) is 0 Å². The number of amides is 2. The number of anilines is 2. The number of benzene rings is 2. The van der Waals surface area contributed by atoms with Gasteiger partial charge in [-0.25, -0.2) is 14.2 Å². The molecule has 0 radical (unpaired) electrons. The van der Waals surface area contributed by atoms with Gasteiger partial charge in [-0.2, -0.15) is 13.2 Å². The lowest BCUT2D eigenvalue weighted by Crippen LogP contribution is -2.21. The van der Waals surface area contributed by atoms with Gasteiger partial charge < -0.3 is 20.4 Å². The number of hydrogen-bond acceptors (Lipinski definition) is 3. The van der Waals surface area contributed by atoms with Crippen LogP contribution in [0.25, 0.3) is 11.0 Å². The van der Waals surface area contributed by atoms with Gasteiger partial charge in [0, 0.05) is 23.8 Å². The van der Waals surface area contributed by atoms with Crippen molar-refractivity contribution in [2.75, 3.05) is 10.6 Å². The van der Waals surface area contributed by atoms with E-state index in [0.29, 0.717) is 22.8 Å². The first-order valence-electron chi connectivity index (χ1n) is 11.7. The highest BCUT2D eigenvalue weighted by Crippen LogP contribution is 2.36. The first-order chi connectivity index (χ1) is 17.5. The van der Waals surface area contributed by atoms with Gasteiger partial charge in [-0.05, 0) is 80.3 Å². The number of fused-ring (bicyclic) bond motifs is 1. The molecule has 37 heavy (non-hydrogen) atoms. The predicted molar refractivity (Wildman–Crippen MR) is 135 cm³/mol. The molecule has 0 fully saturated rings. The van der Waals surface area contributed by atoms with E-state index >= 15 is 0 Å². The molecule has 0 spiro atoms. The molecule has 10 heteroatoms. The van der Waals surface area contributed by atoms with Gasteiger partial charge in [0.05, 0.1) is 10.9 Å². The molecule has 1 unspecified atom stereocenters. The zero-order valence-electron chi connectivity index (χ0n) is 20.2. The van der Waals surface area contributed by atoms with Crippen LogP contribution in [0, 0.1) is 0 Å². The fraction of sp³-hybridized carbons (Fsp3) is 0.259. The second kappa shape index (κ2) is 10.5. The lowest BCUT2D eigenvalue weighted by atomic mass is 9.93. The van der Waals surface area contributed by atoms with Crippen molar-refractivity contribution >= 4 is 28.4 Å². The molecule has 0 saturated carbocycles. The van der Waals surface area contributed by atoms with Crippen LogP contribution in [-0.4, -0.2) is 21.7 Å². The number of aryl methyl sites for hydroxylation is 1. The van der Waals surface area contributed by atoms with Crippen LogP contribution in [0.5, 0.6) is 11.5 Å². The normalized spacial score (nSPS) is 13.2. The number of hydrogen-bond donors (Lipinski definition) is 3. The number of alkyl halides is 4. The monoisotopic (exact) mass is 514 g/mol. The molecule has 2 heterocycles. The summed E-state index contributed by atoms with van der Waals surface area (Å²) in [5, 5.41) is 5.82. The van der Waals surface area contributed by atoms with Crippen molar-refractivity contribution in [2.45, 2.75) is 45.0 Å². The minimum absolute atomic E-state index is 0.0162. The first-order valence-corrected chi connectivity index (χ1v) is 11.7. The predicted octanol–water partition coefficient (Wildman–Crippen LogP) is 8.09. The second-order valence-corrected chi connectivity index (χ2v) is 8.89. The Labute approximate surface area is 211 Å². The van der Waals surface area contributed by atoms with E-state index in [1.807, 2.05) is 6.07 Å². The van der Waals surface area contributed by atoms with Crippen molar-refractivity contribution in [3.05, 3.63) is 78.1 Å². The van der Waals surface area contributed by atoms with Gasteiger partial charge in [0.25, 0.3) is 0 Å². The average molecular weight is 515 g/mol. The van der Waals surface area contributed by atoms with E-state index in [-0.39, 0.29) is 30.5 Å². The maximum Gasteiger partial charge on any atom is 0.416 e. The number of aromatic amines is 1. The van der Waals surface area contributed by atoms with Crippen LogP contribution >= 0.6 is 0 Å². The molecule has 1 atom stereocenters. The second-order valence-electron chi connectivity index (χ2n) is 8.89. The van der Waals surface area contributed by atoms with E-state index in [9.17, 15) is 22.4 Å². The van der Waals surface area contributed by atoms with Crippen LogP contribution in [0.3, 0.4) is 0 Å². The van der Waals surface area contributed by atoms with Gasteiger partial charge in [-0.1, -0.05) is 13.0 Å². The van der Waals surface area contributed by atoms with Crippen LogP contribution in [0.1, 0.15) is 37.8 Å². The summed E-state index contributed by atoms with van der Waals surface area (Å²) in [6, 6.07) is 12.9. The van der Waals surface area contributed by atoms with E-state index in [1.54, 1.807) is 49.6 Å². The summed E-state index contributed by atoms with van der Waals surface area (Å²) in [7, 11) is 0. The van der Waals surface area contributed by atoms with E-state index in [4.69, 9.17) is 4.74 Å². The quantitative estimate of drug-likeness (QED) is 0.208. The fourth-order valence-corrected chi connectivity index (χ4v) is 3.76. The Morgan fingerprint density at radius 1 is 1.00 bits per heavy atom. The number of halogens is 4. The number of urea groups is 1. The lowest BCUT2D eigenvalue weighted by Gasteiger charge is -2.20. The summed E-state index contributed by atoms with van der Waals surface area (Å²) in [5.74, 6) is 1.14. The molecule has 194 valence electrons. The summed E-state index contributed by atoms with van der Waals surface area (Å²) in [4.78, 5) is 19.6. The summed E-state index contributed by atoms with van der Waals surface area (Å²) in [6.07, 6.45) is -1.15. The maximum absolute atomic E-state index is 14.2. The number of ether oxygens (including phenoxy) is 1. The van der Waals surface area contributed by atoms with E-state index in [0.717, 1.165) is 11.5 Å². The fourth-order valence-electron chi connectivity index (χ4n) is 3.76. The van der Waals surface area contributed by atoms with Gasteiger partial charge in [0.1, 0.15) is 22.8 Å². The number of rotatable bonds is 8. The summed E-state index contributed by atoms with van der Waals surface area (Å²) in [6.45, 7) is 3.03. The van der Waals surface area contributed by atoms with Gasteiger partial charge >= 0.3 is 12.2 Å². The molecule has 0 saturated heterocycles. The largest absolute Gasteiger partial charge is 0.457 e. The molecule has 2 amide bonds. The summed E-state index contributed by atoms with van der Waals surface area (Å²) in [5.41, 5.74) is -1.38. The van der Waals surface area contributed by atoms with Gasteiger partial charge in [-0.3, -0.25) is 0 Å². The summed E-state index contributed by atoms with van der Waals surface area (Å²) < 4.78 is 61.0. The number of carbonyl (C=O) groups excluding carboxylic acids is 1. The van der Waals surface area contributed by atoms with Crippen LogP contribution in [0.15, 0.2) is 67.0 Å². The lowest BCUT2D eigenvalue weighted by molar-refractivity contribution is -0.138. The van der Waals surface area contributed by atoms with Crippen molar-refractivity contribution in [2.24, 2.45) is 0 Å². The number of pyridine rings is 1. The van der Waals surface area contributed by atoms with Crippen LogP contribution in [0.2, 0.25) is 0 Å². The number of nitrogens with zero attached hydrogens (tertiary/aromatic N) is 1. The van der Waals surface area contributed by atoms with E-state index in [2.05, 4.69) is 20.6 Å². The molecule has 0 bridgehead atoms. The minimum atomic E-state index is -4.64. The molecular weight excluding hydrogens is 488 g/mol. The molecule has 2 aromatic heterocycles. The zero-order valence-corrected chi connectivity index (χ0v) is 20.2. The van der Waals surface area contributed by atoms with Crippen LogP contribution in [0.4, 0.5) is 33.7 Å². The standard InChI is InChI=1S/C27H26F4N4O2/c1-3-26(2,28)13-10-17-4-5-19(16-22(17)27(29,30)31)35-25(36)34-18-6-8-20(9-7-18)37-23-12-15-33-24-21(23)11-14-32-24/h4-9,11-12,14-16H,3,10,13H2,1-2H3,(H,32,33)(H2,34,35,36). The van der Waals surface area contributed by atoms with Crippen molar-refractivity contribution in [3.63, 3.8) is 0 Å². The molecule has 4 aromatic rings. The Hall–Kier alpha value is -4.08. The Bertz CT molecular complexity index is 1380. The van der Waals surface area contributed by atoms with Crippen molar-refractivity contribution in [3.8, 4) is 11.5 Å². The van der Waals surface area contributed by atoms with E-state index in [1.165, 1.54) is 19.1 Å². The molecule has 2 aromatic carbocycles. The van der Waals surface area contributed by atoms with E-state index < -0.39 is 23.4 Å². The van der Waals surface area contributed by atoms with Crippen molar-refractivity contribution in [1.29, 1.82) is 0 Å². The van der Waals surface area contributed by atoms with Gasteiger partial charge in [0.2, 0.25) is 0 Å². The Balaban J connectivity index is 1.40. The number of aromatic nitrogens is 2. The topological polar surface area (TPSA) is 79.0 Å². The molecule has 0 aliphatic rings. The number of carbonyl (C=O) groups is 1. The number of nitrogens with one attached hydrogen (secondary N) is 3. The Morgan fingerprint density at radius 2 is 1.70 bits per heavy atom.